The van der Waals surface area contributed by atoms with Crippen LogP contribution in [-0.4, -0.2) is 23.4 Å². The monoisotopic (exact) mass is 470 g/mol. The van der Waals surface area contributed by atoms with E-state index in [9.17, 15) is 9.59 Å². The van der Waals surface area contributed by atoms with Crippen LogP contribution in [0.25, 0.3) is 6.08 Å². The molecule has 1 aliphatic heterocycles. The Hall–Kier alpha value is -2.18. The fraction of sp³-hybridized carbons (Fsp3) is 0.100. The number of carbonyl (C=O) groups excluding carboxylic acids is 2. The number of nitrogens with one attached hydrogen (secondary N) is 1. The minimum absolute atomic E-state index is 0.116. The average molecular weight is 472 g/mol. The topological polar surface area (TPSA) is 58.6 Å². The Morgan fingerprint density at radius 1 is 1.00 bits per heavy atom. The largest absolute Gasteiger partial charge is 0.486 e. The molecular weight excluding hydrogens is 458 g/mol. The molecule has 1 saturated heterocycles. The van der Waals surface area contributed by atoms with Crippen LogP contribution in [0.2, 0.25) is 20.1 Å². The maximum Gasteiger partial charge on any atom is 0.329 e. The van der Waals surface area contributed by atoms with Crippen molar-refractivity contribution >= 4 is 64.4 Å². The second-order valence-corrected chi connectivity index (χ2v) is 7.67. The van der Waals surface area contributed by atoms with Gasteiger partial charge in [0, 0.05) is 6.54 Å². The zero-order chi connectivity index (χ0) is 21.1. The summed E-state index contributed by atoms with van der Waals surface area (Å²) in [5, 5.41) is 3.88. The van der Waals surface area contributed by atoms with Crippen molar-refractivity contribution in [2.24, 2.45) is 0 Å². The van der Waals surface area contributed by atoms with E-state index in [0.717, 1.165) is 10.5 Å². The van der Waals surface area contributed by atoms with Crippen LogP contribution in [0.4, 0.5) is 4.79 Å². The number of halogens is 4. The molecule has 150 valence electrons. The summed E-state index contributed by atoms with van der Waals surface area (Å²) in [7, 11) is 0. The number of imide groups is 1. The Morgan fingerprint density at radius 2 is 1.69 bits per heavy atom. The highest BCUT2D eigenvalue weighted by atomic mass is 35.5. The maximum absolute atomic E-state index is 12.3. The van der Waals surface area contributed by atoms with Gasteiger partial charge < -0.3 is 10.1 Å². The number of ether oxygens (including phenoxy) is 1. The Morgan fingerprint density at radius 3 is 2.31 bits per heavy atom. The van der Waals surface area contributed by atoms with Crippen molar-refractivity contribution in [3.8, 4) is 5.75 Å². The third-order valence-electron chi connectivity index (χ3n) is 3.97. The number of benzene rings is 2. The van der Waals surface area contributed by atoms with E-state index in [-0.39, 0.29) is 34.6 Å². The molecule has 0 radical (unpaired) electrons. The summed E-state index contributed by atoms with van der Waals surface area (Å²) in [4.78, 5) is 25.2. The van der Waals surface area contributed by atoms with E-state index >= 15 is 0 Å². The molecule has 9 heteroatoms. The highest BCUT2D eigenvalue weighted by molar-refractivity contribution is 6.42. The molecule has 0 atom stereocenters. The summed E-state index contributed by atoms with van der Waals surface area (Å²) in [6.07, 6.45) is 2.96. The van der Waals surface area contributed by atoms with Gasteiger partial charge in [0.15, 0.2) is 5.75 Å². The minimum atomic E-state index is -0.514. The van der Waals surface area contributed by atoms with Crippen LogP contribution in [0, 0.1) is 0 Å². The van der Waals surface area contributed by atoms with Crippen LogP contribution < -0.4 is 10.1 Å². The van der Waals surface area contributed by atoms with Crippen LogP contribution in [0.3, 0.4) is 0 Å². The van der Waals surface area contributed by atoms with Crippen LogP contribution >= 0.6 is 46.4 Å². The predicted molar refractivity (Wildman–Crippen MR) is 116 cm³/mol. The van der Waals surface area contributed by atoms with E-state index in [4.69, 9.17) is 51.1 Å². The van der Waals surface area contributed by atoms with E-state index in [1.807, 2.05) is 0 Å². The molecule has 29 heavy (non-hydrogen) atoms. The highest BCUT2D eigenvalue weighted by Gasteiger charge is 2.32. The molecule has 1 fully saturated rings. The number of amides is 3. The standard InChI is InChI=1S/C20H14Cl4N2O3/c1-2-5-26-19(27)17(25-20(26)28)9-12-7-15(23)18(16(24)8-12)29-10-11-3-4-13(21)14(22)6-11/h2-4,6-9H,1,5,10H2,(H,25,28)/b17-9+. The number of rotatable bonds is 6. The van der Waals surface area contributed by atoms with Crippen LogP contribution in [0.1, 0.15) is 11.1 Å². The highest BCUT2D eigenvalue weighted by Crippen LogP contribution is 2.36. The molecule has 0 bridgehead atoms. The Labute approximate surface area is 187 Å². The third kappa shape index (κ3) is 4.87. The normalized spacial score (nSPS) is 15.0. The molecule has 0 aromatic heterocycles. The lowest BCUT2D eigenvalue weighted by Gasteiger charge is -2.12. The van der Waals surface area contributed by atoms with Gasteiger partial charge in [0.1, 0.15) is 12.3 Å². The van der Waals surface area contributed by atoms with E-state index in [2.05, 4.69) is 11.9 Å². The molecule has 0 unspecified atom stereocenters. The maximum atomic E-state index is 12.3. The van der Waals surface area contributed by atoms with Gasteiger partial charge in [-0.3, -0.25) is 9.69 Å². The summed E-state index contributed by atoms with van der Waals surface area (Å²) in [5.74, 6) is -0.168. The number of nitrogens with zero attached hydrogens (tertiary/aromatic N) is 1. The minimum Gasteiger partial charge on any atom is -0.486 e. The lowest BCUT2D eigenvalue weighted by Crippen LogP contribution is -2.30. The first kappa shape index (κ1) is 21.5. The Bertz CT molecular complexity index is 1010. The second-order valence-electron chi connectivity index (χ2n) is 6.04. The summed E-state index contributed by atoms with van der Waals surface area (Å²) in [5.41, 5.74) is 1.44. The number of hydrogen-bond acceptors (Lipinski definition) is 3. The average Bonchev–Trinajstić information content (AvgIpc) is 2.91. The fourth-order valence-corrected chi connectivity index (χ4v) is 3.55. The molecule has 3 amide bonds. The first-order valence-electron chi connectivity index (χ1n) is 8.31. The van der Waals surface area contributed by atoms with Crippen molar-refractivity contribution in [1.29, 1.82) is 0 Å². The summed E-state index contributed by atoms with van der Waals surface area (Å²) in [6, 6.07) is 7.79. The van der Waals surface area contributed by atoms with Gasteiger partial charge in [0.2, 0.25) is 0 Å². The van der Waals surface area contributed by atoms with Gasteiger partial charge in [0.25, 0.3) is 5.91 Å². The summed E-state index contributed by atoms with van der Waals surface area (Å²) < 4.78 is 5.72. The molecule has 0 spiro atoms. The molecule has 3 rings (SSSR count). The third-order valence-corrected chi connectivity index (χ3v) is 5.27. The van der Waals surface area contributed by atoms with Crippen LogP contribution in [-0.2, 0) is 11.4 Å². The zero-order valence-electron chi connectivity index (χ0n) is 14.8. The van der Waals surface area contributed by atoms with Gasteiger partial charge >= 0.3 is 6.03 Å². The Balaban J connectivity index is 1.79. The molecule has 1 heterocycles. The molecular formula is C20H14Cl4N2O3. The van der Waals surface area contributed by atoms with Crippen molar-refractivity contribution in [3.05, 3.63) is 79.9 Å². The van der Waals surface area contributed by atoms with Crippen molar-refractivity contribution in [2.75, 3.05) is 6.54 Å². The van der Waals surface area contributed by atoms with Crippen molar-refractivity contribution in [2.45, 2.75) is 6.61 Å². The van der Waals surface area contributed by atoms with Crippen molar-refractivity contribution < 1.29 is 14.3 Å². The molecule has 2 aromatic rings. The summed E-state index contributed by atoms with van der Waals surface area (Å²) in [6.45, 7) is 3.83. The first-order chi connectivity index (χ1) is 13.8. The van der Waals surface area contributed by atoms with Gasteiger partial charge in [-0.25, -0.2) is 4.79 Å². The molecule has 5 nitrogen and oxygen atoms in total. The predicted octanol–water partition coefficient (Wildman–Crippen LogP) is 5.96. The number of carbonyl (C=O) groups is 2. The van der Waals surface area contributed by atoms with Gasteiger partial charge in [-0.1, -0.05) is 58.5 Å². The molecule has 0 aliphatic carbocycles. The second kappa shape index (κ2) is 9.09. The number of hydrogen-bond donors (Lipinski definition) is 1. The molecule has 1 aliphatic rings. The van der Waals surface area contributed by atoms with Gasteiger partial charge in [-0.15, -0.1) is 6.58 Å². The van der Waals surface area contributed by atoms with Gasteiger partial charge in [-0.05, 0) is 41.5 Å². The van der Waals surface area contributed by atoms with E-state index in [0.29, 0.717) is 15.6 Å². The van der Waals surface area contributed by atoms with E-state index in [1.54, 1.807) is 30.3 Å². The SMILES string of the molecule is C=CCN1C(=O)N/C(=C/c2cc(Cl)c(OCc3ccc(Cl)c(Cl)c3)c(Cl)c2)C1=O. The molecule has 0 saturated carbocycles. The fourth-order valence-electron chi connectivity index (χ4n) is 2.62. The van der Waals surface area contributed by atoms with Gasteiger partial charge in [0.05, 0.1) is 20.1 Å². The van der Waals surface area contributed by atoms with E-state index < -0.39 is 11.9 Å². The smallest absolute Gasteiger partial charge is 0.329 e. The van der Waals surface area contributed by atoms with Crippen molar-refractivity contribution in [3.63, 3.8) is 0 Å². The lowest BCUT2D eigenvalue weighted by molar-refractivity contribution is -0.122. The Kier molecular flexibility index (Phi) is 6.75. The summed E-state index contributed by atoms with van der Waals surface area (Å²) >= 11 is 24.5. The molecule has 1 N–H and O–H groups in total. The van der Waals surface area contributed by atoms with Crippen LogP contribution in [0.15, 0.2) is 48.7 Å². The van der Waals surface area contributed by atoms with Gasteiger partial charge in [-0.2, -0.15) is 0 Å². The number of urea groups is 1. The van der Waals surface area contributed by atoms with Crippen molar-refractivity contribution in [1.82, 2.24) is 10.2 Å². The van der Waals surface area contributed by atoms with Crippen LogP contribution in [0.5, 0.6) is 5.75 Å². The molecule has 2 aromatic carbocycles. The lowest BCUT2D eigenvalue weighted by atomic mass is 10.1. The van der Waals surface area contributed by atoms with E-state index in [1.165, 1.54) is 12.2 Å². The first-order valence-corrected chi connectivity index (χ1v) is 9.82. The quantitative estimate of drug-likeness (QED) is 0.321. The zero-order valence-corrected chi connectivity index (χ0v) is 17.9.